The standard InChI is InChI=1S/C30H42N9O3PS/c1-20-27(34-24-8-7-23(16-25(24)43)39(44)37-14-12-36(5)13-15-37)35-26-9-6-21(19-38(26)28(20)40)22(17-31)18-32-10-11-33-29(41)42-30(2,3)4/h6-9,16-19,34,44H,10-15,31,43H2,1-5H3,(H,33,41)/b22-17+,32-18?. The number of nitrogens with two attached hydrogens (primary N) is 1. The Labute approximate surface area is 266 Å². The molecule has 14 heteroatoms. The van der Waals surface area contributed by atoms with Crippen LogP contribution in [0.3, 0.4) is 0 Å². The number of piperazine rings is 1. The number of ether oxygens (including phenoxy) is 1. The SMILES string of the molecule is Cc1c(Nc2ccc(N(S)N3CCN(C)CC3)cc2P)nc2ccc(/C(C=NCCNC(=O)OC(C)(C)C)=C/N)cn2c1=O. The molecule has 44 heavy (non-hydrogen) atoms. The fraction of sp³-hybridized carbons (Fsp3) is 0.400. The largest absolute Gasteiger partial charge is 0.444 e. The molecule has 2 aromatic heterocycles. The van der Waals surface area contributed by atoms with Gasteiger partial charge in [-0.1, -0.05) is 0 Å². The van der Waals surface area contributed by atoms with Gasteiger partial charge in [0.15, 0.2) is 0 Å². The summed E-state index contributed by atoms with van der Waals surface area (Å²) >= 11 is 4.74. The number of carbonyl (C=O) groups is 1. The zero-order valence-corrected chi connectivity index (χ0v) is 27.9. The van der Waals surface area contributed by atoms with E-state index in [-0.39, 0.29) is 5.56 Å². The monoisotopic (exact) mass is 639 g/mol. The van der Waals surface area contributed by atoms with Crippen LogP contribution in [0.1, 0.15) is 31.9 Å². The van der Waals surface area contributed by atoms with E-state index in [9.17, 15) is 9.59 Å². The number of aliphatic imine (C=N–C) groups is 1. The van der Waals surface area contributed by atoms with Gasteiger partial charge >= 0.3 is 6.09 Å². The molecular weight excluding hydrogens is 597 g/mol. The Hall–Kier alpha value is -3.64. The molecule has 1 atom stereocenters. The number of pyridine rings is 1. The van der Waals surface area contributed by atoms with Crippen molar-refractivity contribution < 1.29 is 9.53 Å². The Kier molecular flexibility index (Phi) is 10.9. The van der Waals surface area contributed by atoms with E-state index >= 15 is 0 Å². The number of hydrogen-bond acceptors (Lipinski definition) is 11. The van der Waals surface area contributed by atoms with E-state index in [1.54, 1.807) is 46.2 Å². The van der Waals surface area contributed by atoms with E-state index in [1.165, 1.54) is 10.6 Å². The van der Waals surface area contributed by atoms with E-state index in [0.717, 1.165) is 42.9 Å². The van der Waals surface area contributed by atoms with Gasteiger partial charge in [-0.15, -0.1) is 9.24 Å². The Morgan fingerprint density at radius 1 is 1.23 bits per heavy atom. The third-order valence-electron chi connectivity index (χ3n) is 6.97. The molecule has 1 unspecified atom stereocenters. The predicted octanol–water partition coefficient (Wildman–Crippen LogP) is 2.96. The second-order valence-corrected chi connectivity index (χ2v) is 12.6. The summed E-state index contributed by atoms with van der Waals surface area (Å²) in [4.78, 5) is 36.6. The van der Waals surface area contributed by atoms with Gasteiger partial charge in [0.1, 0.15) is 17.1 Å². The van der Waals surface area contributed by atoms with Gasteiger partial charge in [-0.3, -0.25) is 18.6 Å². The van der Waals surface area contributed by atoms with Gasteiger partial charge in [0.2, 0.25) is 0 Å². The van der Waals surface area contributed by atoms with Crippen LogP contribution >= 0.6 is 22.1 Å². The van der Waals surface area contributed by atoms with E-state index in [2.05, 4.69) is 41.8 Å². The molecule has 4 N–H and O–H groups in total. The average molecular weight is 640 g/mol. The molecule has 12 nitrogen and oxygen atoms in total. The summed E-state index contributed by atoms with van der Waals surface area (Å²) in [6.45, 7) is 11.6. The first-order valence-electron chi connectivity index (χ1n) is 14.4. The van der Waals surface area contributed by atoms with Crippen molar-refractivity contribution in [2.24, 2.45) is 10.7 Å². The molecule has 0 bridgehead atoms. The lowest BCUT2D eigenvalue weighted by Gasteiger charge is -2.38. The van der Waals surface area contributed by atoms with E-state index in [4.69, 9.17) is 28.3 Å². The molecule has 0 radical (unpaired) electrons. The average Bonchev–Trinajstić information content (AvgIpc) is 2.97. The van der Waals surface area contributed by atoms with Crippen LogP contribution in [0.25, 0.3) is 11.2 Å². The van der Waals surface area contributed by atoms with Crippen LogP contribution in [-0.4, -0.2) is 83.5 Å². The molecule has 1 aliphatic rings. The van der Waals surface area contributed by atoms with Gasteiger partial charge in [0.25, 0.3) is 5.56 Å². The van der Waals surface area contributed by atoms with Crippen LogP contribution in [0.5, 0.6) is 0 Å². The van der Waals surface area contributed by atoms with Crippen LogP contribution in [0.2, 0.25) is 0 Å². The molecule has 3 aromatic rings. The smallest absolute Gasteiger partial charge is 0.407 e. The third-order valence-corrected chi connectivity index (χ3v) is 7.93. The fourth-order valence-electron chi connectivity index (χ4n) is 4.50. The number of hydrogen-bond donors (Lipinski definition) is 4. The molecule has 0 aliphatic carbocycles. The zero-order valence-electron chi connectivity index (χ0n) is 25.9. The summed E-state index contributed by atoms with van der Waals surface area (Å²) in [5, 5.41) is 9.13. The van der Waals surface area contributed by atoms with Gasteiger partial charge < -0.3 is 26.0 Å². The Morgan fingerprint density at radius 2 is 1.95 bits per heavy atom. The normalized spacial score (nSPS) is 15.1. The summed E-state index contributed by atoms with van der Waals surface area (Å²) in [5.74, 6) is 0.481. The van der Waals surface area contributed by atoms with Gasteiger partial charge in [-0.2, -0.15) is 0 Å². The number of carbonyl (C=O) groups excluding carboxylic acids is 1. The highest BCUT2D eigenvalue weighted by Gasteiger charge is 2.20. The predicted molar refractivity (Wildman–Crippen MR) is 186 cm³/mol. The number of likely N-dealkylation sites (N-methyl/N-ethyl adjacent to an activating group) is 1. The quantitative estimate of drug-likeness (QED) is 0.121. The van der Waals surface area contributed by atoms with Gasteiger partial charge in [-0.25, -0.2) is 14.8 Å². The maximum absolute atomic E-state index is 13.4. The van der Waals surface area contributed by atoms with Crippen molar-refractivity contribution in [3.05, 3.63) is 64.2 Å². The summed E-state index contributed by atoms with van der Waals surface area (Å²) in [7, 11) is 4.87. The lowest BCUT2D eigenvalue weighted by molar-refractivity contribution is 0.0529. The summed E-state index contributed by atoms with van der Waals surface area (Å²) in [6, 6.07) is 9.59. The van der Waals surface area contributed by atoms with E-state index < -0.39 is 11.7 Å². The van der Waals surface area contributed by atoms with Crippen molar-refractivity contribution in [1.82, 2.24) is 24.6 Å². The molecule has 0 spiro atoms. The van der Waals surface area contributed by atoms with Crippen LogP contribution in [0.4, 0.5) is 22.0 Å². The number of anilines is 3. The number of amides is 1. The topological polar surface area (TPSA) is 133 Å². The van der Waals surface area contributed by atoms with Crippen molar-refractivity contribution in [3.8, 4) is 0 Å². The molecule has 1 aromatic carbocycles. The summed E-state index contributed by atoms with van der Waals surface area (Å²) in [5.41, 5.74) is 9.17. The second-order valence-electron chi connectivity index (χ2n) is 11.6. The van der Waals surface area contributed by atoms with Crippen molar-refractivity contribution in [1.29, 1.82) is 0 Å². The van der Waals surface area contributed by atoms with E-state index in [0.29, 0.717) is 41.3 Å². The number of aromatic nitrogens is 2. The molecule has 236 valence electrons. The minimum absolute atomic E-state index is 0.201. The number of nitrogens with one attached hydrogen (secondary N) is 2. The highest BCUT2D eigenvalue weighted by atomic mass is 32.1. The molecule has 4 rings (SSSR count). The zero-order chi connectivity index (χ0) is 32.0. The van der Waals surface area contributed by atoms with Crippen LogP contribution in [0.15, 0.2) is 52.5 Å². The minimum atomic E-state index is -0.566. The van der Waals surface area contributed by atoms with Gasteiger partial charge in [0, 0.05) is 68.2 Å². The highest BCUT2D eigenvalue weighted by molar-refractivity contribution is 7.81. The van der Waals surface area contributed by atoms with Crippen molar-refractivity contribution >= 4 is 68.1 Å². The number of hydrazine groups is 1. The number of benzene rings is 1. The Bertz CT molecular complexity index is 1610. The van der Waals surface area contributed by atoms with E-state index in [1.807, 2.05) is 28.7 Å². The first-order chi connectivity index (χ1) is 20.9. The third kappa shape index (κ3) is 8.50. The number of allylic oxidation sites excluding steroid dienone is 1. The Morgan fingerprint density at radius 3 is 2.61 bits per heavy atom. The van der Waals surface area contributed by atoms with Crippen LogP contribution in [-0.2, 0) is 4.74 Å². The number of nitrogens with zero attached hydrogens (tertiary/aromatic N) is 6. The van der Waals surface area contributed by atoms with Crippen LogP contribution < -0.4 is 31.6 Å². The van der Waals surface area contributed by atoms with Gasteiger partial charge in [-0.05, 0) is 83.2 Å². The molecule has 0 saturated carbocycles. The first-order valence-corrected chi connectivity index (χ1v) is 15.3. The molecule has 1 fully saturated rings. The Balaban J connectivity index is 1.45. The lowest BCUT2D eigenvalue weighted by Crippen LogP contribution is -2.49. The number of alkyl carbamates (subject to hydrolysis) is 1. The second kappa shape index (κ2) is 14.4. The van der Waals surface area contributed by atoms with Crippen LogP contribution in [0, 0.1) is 6.92 Å². The first kappa shape index (κ1) is 33.3. The number of rotatable bonds is 9. The molecule has 1 saturated heterocycles. The molecule has 3 heterocycles. The number of fused-ring (bicyclic) bond motifs is 1. The molecule has 1 aliphatic heterocycles. The fourth-order valence-corrected chi connectivity index (χ4v) is 5.14. The summed E-state index contributed by atoms with van der Waals surface area (Å²) < 4.78 is 8.61. The summed E-state index contributed by atoms with van der Waals surface area (Å²) in [6.07, 6.45) is 4.23. The molecular formula is C30H42N9O3PS. The molecule has 1 amide bonds. The number of thiol groups is 1. The maximum Gasteiger partial charge on any atom is 0.407 e. The van der Waals surface area contributed by atoms with Crippen molar-refractivity contribution in [3.63, 3.8) is 0 Å². The maximum atomic E-state index is 13.4. The highest BCUT2D eigenvalue weighted by Crippen LogP contribution is 2.25. The lowest BCUT2D eigenvalue weighted by atomic mass is 10.1. The van der Waals surface area contributed by atoms with Gasteiger partial charge in [0.05, 0.1) is 17.8 Å². The van der Waals surface area contributed by atoms with Crippen molar-refractivity contribution in [2.45, 2.75) is 33.3 Å². The minimum Gasteiger partial charge on any atom is -0.444 e. The van der Waals surface area contributed by atoms with Crippen molar-refractivity contribution in [2.75, 3.05) is 56.0 Å².